The molecule has 0 bridgehead atoms. The van der Waals surface area contributed by atoms with Crippen molar-refractivity contribution in [1.82, 2.24) is 4.90 Å². The van der Waals surface area contributed by atoms with E-state index in [1.807, 2.05) is 85.1 Å². The first kappa shape index (κ1) is 22.6. The van der Waals surface area contributed by atoms with Gasteiger partial charge in [0.25, 0.3) is 0 Å². The van der Waals surface area contributed by atoms with Gasteiger partial charge in [0, 0.05) is 16.1 Å². The molecule has 160 valence electrons. The minimum atomic E-state index is -0.481. The Kier molecular flexibility index (Phi) is 7.87. The lowest BCUT2D eigenvalue weighted by molar-refractivity contribution is -0.122. The number of thioether (sulfide) groups is 1. The summed E-state index contributed by atoms with van der Waals surface area (Å²) in [5.74, 6) is -0.323. The van der Waals surface area contributed by atoms with Gasteiger partial charge in [-0.05, 0) is 44.0 Å². The molecule has 0 saturated heterocycles. The summed E-state index contributed by atoms with van der Waals surface area (Å²) in [7, 11) is 1.77. The molecule has 1 atom stereocenters. The summed E-state index contributed by atoms with van der Waals surface area (Å²) >= 11 is 1.58. The van der Waals surface area contributed by atoms with Gasteiger partial charge in [0.05, 0.1) is 18.3 Å². The lowest BCUT2D eigenvalue weighted by Gasteiger charge is -2.24. The van der Waals surface area contributed by atoms with Gasteiger partial charge in [-0.1, -0.05) is 60.7 Å². The zero-order chi connectivity index (χ0) is 22.2. The van der Waals surface area contributed by atoms with Crippen LogP contribution in [0.15, 0.2) is 83.8 Å². The van der Waals surface area contributed by atoms with Crippen LogP contribution in [0.25, 0.3) is 11.1 Å². The van der Waals surface area contributed by atoms with Crippen LogP contribution in [-0.2, 0) is 9.59 Å². The summed E-state index contributed by atoms with van der Waals surface area (Å²) in [4.78, 5) is 28.1. The van der Waals surface area contributed by atoms with E-state index in [4.69, 9.17) is 0 Å². The number of para-hydroxylation sites is 2. The van der Waals surface area contributed by atoms with Crippen molar-refractivity contribution in [2.75, 3.05) is 30.5 Å². The lowest BCUT2D eigenvalue weighted by Crippen LogP contribution is -2.43. The van der Waals surface area contributed by atoms with Crippen LogP contribution >= 0.6 is 11.8 Å². The van der Waals surface area contributed by atoms with Crippen LogP contribution in [0.1, 0.15) is 6.92 Å². The molecular formula is C25H27N3O2S. The van der Waals surface area contributed by atoms with Gasteiger partial charge in [0.2, 0.25) is 11.8 Å². The highest BCUT2D eigenvalue weighted by Gasteiger charge is 2.21. The van der Waals surface area contributed by atoms with Crippen LogP contribution in [0.4, 0.5) is 11.4 Å². The van der Waals surface area contributed by atoms with Crippen molar-refractivity contribution in [3.05, 3.63) is 78.9 Å². The minimum absolute atomic E-state index is 0.109. The second-order valence-corrected chi connectivity index (χ2v) is 8.09. The molecule has 0 spiro atoms. The molecule has 2 amide bonds. The number of amides is 2. The first-order chi connectivity index (χ1) is 15.0. The Hall–Kier alpha value is -3.09. The Morgan fingerprint density at radius 1 is 0.871 bits per heavy atom. The van der Waals surface area contributed by atoms with E-state index in [-0.39, 0.29) is 18.4 Å². The molecule has 0 radical (unpaired) electrons. The molecule has 0 heterocycles. The number of hydrogen-bond acceptors (Lipinski definition) is 4. The third-order valence-corrected chi connectivity index (χ3v) is 5.88. The van der Waals surface area contributed by atoms with Crippen LogP contribution in [0.3, 0.4) is 0 Å². The van der Waals surface area contributed by atoms with E-state index in [2.05, 4.69) is 10.6 Å². The Balaban J connectivity index is 1.63. The Morgan fingerprint density at radius 3 is 2.19 bits per heavy atom. The van der Waals surface area contributed by atoms with E-state index in [0.29, 0.717) is 0 Å². The minimum Gasteiger partial charge on any atom is -0.324 e. The van der Waals surface area contributed by atoms with Gasteiger partial charge in [0.15, 0.2) is 0 Å². The maximum atomic E-state index is 12.9. The third kappa shape index (κ3) is 5.96. The predicted molar refractivity (Wildman–Crippen MR) is 129 cm³/mol. The van der Waals surface area contributed by atoms with Crippen molar-refractivity contribution in [1.29, 1.82) is 0 Å². The second kappa shape index (κ2) is 10.8. The molecule has 5 nitrogen and oxygen atoms in total. The van der Waals surface area contributed by atoms with Gasteiger partial charge in [0.1, 0.15) is 0 Å². The number of nitrogens with one attached hydrogen (secondary N) is 2. The average molecular weight is 434 g/mol. The molecule has 31 heavy (non-hydrogen) atoms. The van der Waals surface area contributed by atoms with Crippen molar-refractivity contribution >= 4 is 35.0 Å². The number of carbonyl (C=O) groups excluding carboxylic acids is 2. The number of nitrogens with zero attached hydrogens (tertiary/aromatic N) is 1. The van der Waals surface area contributed by atoms with E-state index < -0.39 is 6.04 Å². The summed E-state index contributed by atoms with van der Waals surface area (Å²) in [5.41, 5.74) is 3.52. The number of likely N-dealkylation sites (N-methyl/N-ethyl adjacent to an activating group) is 1. The van der Waals surface area contributed by atoms with Crippen molar-refractivity contribution < 1.29 is 9.59 Å². The molecule has 3 aromatic rings. The average Bonchev–Trinajstić information content (AvgIpc) is 2.79. The quantitative estimate of drug-likeness (QED) is 0.492. The molecule has 0 aromatic heterocycles. The fourth-order valence-corrected chi connectivity index (χ4v) is 3.75. The number of benzene rings is 3. The highest BCUT2D eigenvalue weighted by molar-refractivity contribution is 7.98. The summed E-state index contributed by atoms with van der Waals surface area (Å²) in [5, 5.41) is 5.95. The van der Waals surface area contributed by atoms with Gasteiger partial charge < -0.3 is 10.6 Å². The van der Waals surface area contributed by atoms with Crippen LogP contribution in [0.2, 0.25) is 0 Å². The zero-order valence-electron chi connectivity index (χ0n) is 18.0. The van der Waals surface area contributed by atoms with Gasteiger partial charge >= 0.3 is 0 Å². The predicted octanol–water partition coefficient (Wildman–Crippen LogP) is 4.97. The summed E-state index contributed by atoms with van der Waals surface area (Å²) in [6.07, 6.45) is 1.97. The van der Waals surface area contributed by atoms with E-state index in [0.717, 1.165) is 27.4 Å². The first-order valence-electron chi connectivity index (χ1n) is 10.1. The molecular weight excluding hydrogens is 406 g/mol. The number of anilines is 2. The molecule has 3 rings (SSSR count). The molecule has 0 unspecified atom stereocenters. The van der Waals surface area contributed by atoms with Gasteiger partial charge in [-0.2, -0.15) is 0 Å². The van der Waals surface area contributed by atoms with Gasteiger partial charge in [-0.25, -0.2) is 0 Å². The molecule has 2 N–H and O–H groups in total. The van der Waals surface area contributed by atoms with E-state index in [9.17, 15) is 9.59 Å². The normalized spacial score (nSPS) is 11.7. The summed E-state index contributed by atoms with van der Waals surface area (Å²) in [6, 6.07) is 24.8. The maximum Gasteiger partial charge on any atom is 0.241 e. The number of hydrogen-bond donors (Lipinski definition) is 2. The lowest BCUT2D eigenvalue weighted by atomic mass is 10.0. The number of rotatable bonds is 8. The fraction of sp³-hybridized carbons (Fsp3) is 0.200. The van der Waals surface area contributed by atoms with Gasteiger partial charge in [-0.3, -0.25) is 14.5 Å². The van der Waals surface area contributed by atoms with Crippen LogP contribution < -0.4 is 10.6 Å². The monoisotopic (exact) mass is 433 g/mol. The van der Waals surface area contributed by atoms with E-state index >= 15 is 0 Å². The molecule has 0 aliphatic heterocycles. The van der Waals surface area contributed by atoms with Crippen LogP contribution in [0, 0.1) is 0 Å². The largest absolute Gasteiger partial charge is 0.324 e. The maximum absolute atomic E-state index is 12.9. The second-order valence-electron chi connectivity index (χ2n) is 7.24. The third-order valence-electron chi connectivity index (χ3n) is 5.08. The molecule has 0 fully saturated rings. The van der Waals surface area contributed by atoms with E-state index in [1.165, 1.54) is 0 Å². The topological polar surface area (TPSA) is 61.4 Å². The summed E-state index contributed by atoms with van der Waals surface area (Å²) < 4.78 is 0. The Labute approximate surface area is 187 Å². The highest BCUT2D eigenvalue weighted by Crippen LogP contribution is 2.28. The van der Waals surface area contributed by atoms with Crippen molar-refractivity contribution in [2.24, 2.45) is 0 Å². The van der Waals surface area contributed by atoms with Crippen molar-refractivity contribution in [3.8, 4) is 11.1 Å². The van der Waals surface area contributed by atoms with Crippen LogP contribution in [0.5, 0.6) is 0 Å². The Morgan fingerprint density at radius 2 is 1.48 bits per heavy atom. The SMILES string of the molecule is CSc1ccccc1NC(=O)CN(C)[C@H](C)C(=O)Nc1ccccc1-c1ccccc1. The Bertz CT molecular complexity index is 1040. The number of carbonyl (C=O) groups is 2. The summed E-state index contributed by atoms with van der Waals surface area (Å²) in [6.45, 7) is 1.90. The zero-order valence-corrected chi connectivity index (χ0v) is 18.8. The molecule has 6 heteroatoms. The highest BCUT2D eigenvalue weighted by atomic mass is 32.2. The standard InChI is InChI=1S/C25H27N3O2S/c1-18(28(2)17-24(29)26-22-15-9-10-16-23(22)31-3)25(30)27-21-14-8-7-13-20(21)19-11-5-4-6-12-19/h4-16,18H,17H2,1-3H3,(H,26,29)(H,27,30)/t18-/m1/s1. The molecule has 0 aliphatic carbocycles. The van der Waals surface area contributed by atoms with E-state index in [1.54, 1.807) is 30.6 Å². The fourth-order valence-electron chi connectivity index (χ4n) is 3.20. The molecule has 0 saturated carbocycles. The smallest absolute Gasteiger partial charge is 0.241 e. The van der Waals surface area contributed by atoms with Crippen LogP contribution in [-0.4, -0.2) is 42.6 Å². The molecule has 3 aromatic carbocycles. The van der Waals surface area contributed by atoms with Crippen molar-refractivity contribution in [2.45, 2.75) is 17.9 Å². The van der Waals surface area contributed by atoms with Crippen molar-refractivity contribution in [3.63, 3.8) is 0 Å². The first-order valence-corrected chi connectivity index (χ1v) is 11.3. The van der Waals surface area contributed by atoms with Gasteiger partial charge in [-0.15, -0.1) is 11.8 Å². The molecule has 0 aliphatic rings.